The fourth-order valence-electron chi connectivity index (χ4n) is 1.62. The molecule has 0 unspecified atom stereocenters. The average molecular weight is 235 g/mol. The van der Waals surface area contributed by atoms with E-state index in [-0.39, 0.29) is 11.3 Å². The van der Waals surface area contributed by atoms with Gasteiger partial charge in [0.1, 0.15) is 11.3 Å². The van der Waals surface area contributed by atoms with E-state index >= 15 is 0 Å². The molecule has 17 heavy (non-hydrogen) atoms. The van der Waals surface area contributed by atoms with Crippen molar-refractivity contribution in [3.63, 3.8) is 0 Å². The number of hydrogen-bond donors (Lipinski definition) is 1. The molecule has 0 amide bonds. The Balaban J connectivity index is 2.82. The number of carboxylic acid groups (broad SMARTS) is 1. The zero-order chi connectivity index (χ0) is 12.6. The number of methoxy groups -OCH3 is 1. The zero-order valence-electron chi connectivity index (χ0n) is 9.32. The van der Waals surface area contributed by atoms with Crippen molar-refractivity contribution in [3.05, 3.63) is 35.3 Å². The molecule has 0 bridgehead atoms. The molecule has 2 rings (SSSR count). The van der Waals surface area contributed by atoms with E-state index < -0.39 is 11.9 Å². The smallest absolute Gasteiger partial charge is 0.335 e. The van der Waals surface area contributed by atoms with Crippen LogP contribution < -0.4 is 4.74 Å². The second-order valence-electron chi connectivity index (χ2n) is 3.65. The van der Waals surface area contributed by atoms with E-state index in [0.29, 0.717) is 16.5 Å². The lowest BCUT2D eigenvalue weighted by atomic mass is 10.1. The van der Waals surface area contributed by atoms with Crippen molar-refractivity contribution in [2.24, 2.45) is 0 Å². The summed E-state index contributed by atoms with van der Waals surface area (Å²) in [7, 11) is 1.39. The Morgan fingerprint density at radius 3 is 2.71 bits per heavy atom. The standard InChI is InChI=1S/C12H10FNO3/c1-6-3-7-4-8(12(15)16)5-9(17-2)10(7)14-11(6)13/h3-5H,1-2H3,(H,15,16). The summed E-state index contributed by atoms with van der Waals surface area (Å²) in [6.07, 6.45) is 0. The number of nitrogens with zero attached hydrogens (tertiary/aromatic N) is 1. The molecule has 4 nitrogen and oxygen atoms in total. The second-order valence-corrected chi connectivity index (χ2v) is 3.65. The van der Waals surface area contributed by atoms with Gasteiger partial charge in [-0.05, 0) is 25.1 Å². The first-order chi connectivity index (χ1) is 8.02. The number of pyridine rings is 1. The van der Waals surface area contributed by atoms with Crippen molar-refractivity contribution in [1.29, 1.82) is 0 Å². The van der Waals surface area contributed by atoms with Crippen LogP contribution in [0.4, 0.5) is 4.39 Å². The highest BCUT2D eigenvalue weighted by Crippen LogP contribution is 2.27. The molecule has 0 saturated heterocycles. The Labute approximate surface area is 96.7 Å². The van der Waals surface area contributed by atoms with Gasteiger partial charge in [0, 0.05) is 10.9 Å². The normalized spacial score (nSPS) is 10.5. The van der Waals surface area contributed by atoms with Crippen molar-refractivity contribution in [2.75, 3.05) is 7.11 Å². The molecule has 0 spiro atoms. The van der Waals surface area contributed by atoms with E-state index in [2.05, 4.69) is 4.98 Å². The van der Waals surface area contributed by atoms with Gasteiger partial charge in [0.25, 0.3) is 0 Å². The van der Waals surface area contributed by atoms with E-state index in [1.54, 1.807) is 13.0 Å². The number of benzene rings is 1. The minimum Gasteiger partial charge on any atom is -0.494 e. The molecule has 1 heterocycles. The summed E-state index contributed by atoms with van der Waals surface area (Å²) in [5.41, 5.74) is 0.768. The molecule has 1 aromatic carbocycles. The van der Waals surface area contributed by atoms with E-state index in [9.17, 15) is 9.18 Å². The Morgan fingerprint density at radius 1 is 1.41 bits per heavy atom. The number of hydrogen-bond acceptors (Lipinski definition) is 3. The molecule has 0 atom stereocenters. The maximum Gasteiger partial charge on any atom is 0.335 e. The molecule has 1 aromatic heterocycles. The number of fused-ring (bicyclic) bond motifs is 1. The third-order valence-electron chi connectivity index (χ3n) is 2.48. The van der Waals surface area contributed by atoms with Gasteiger partial charge >= 0.3 is 5.97 Å². The number of halogens is 1. The highest BCUT2D eigenvalue weighted by Gasteiger charge is 2.12. The summed E-state index contributed by atoms with van der Waals surface area (Å²) in [6, 6.07) is 4.32. The van der Waals surface area contributed by atoms with Crippen molar-refractivity contribution in [1.82, 2.24) is 4.98 Å². The van der Waals surface area contributed by atoms with E-state index in [1.807, 2.05) is 0 Å². The van der Waals surface area contributed by atoms with Crippen LogP contribution in [0.2, 0.25) is 0 Å². The topological polar surface area (TPSA) is 59.4 Å². The minimum atomic E-state index is -1.06. The predicted molar refractivity (Wildman–Crippen MR) is 59.9 cm³/mol. The first-order valence-electron chi connectivity index (χ1n) is 4.91. The number of aromatic nitrogens is 1. The van der Waals surface area contributed by atoms with Crippen LogP contribution in [0.5, 0.6) is 5.75 Å². The van der Waals surface area contributed by atoms with Crippen LogP contribution in [-0.2, 0) is 0 Å². The number of carboxylic acids is 1. The quantitative estimate of drug-likeness (QED) is 0.812. The van der Waals surface area contributed by atoms with E-state index in [1.165, 1.54) is 19.2 Å². The average Bonchev–Trinajstić information content (AvgIpc) is 2.29. The molecule has 0 fully saturated rings. The maximum atomic E-state index is 13.3. The highest BCUT2D eigenvalue weighted by molar-refractivity contribution is 5.96. The van der Waals surface area contributed by atoms with Gasteiger partial charge in [0.15, 0.2) is 0 Å². The number of aromatic carboxylic acids is 1. The highest BCUT2D eigenvalue weighted by atomic mass is 19.1. The summed E-state index contributed by atoms with van der Waals surface area (Å²) in [4.78, 5) is 14.7. The van der Waals surface area contributed by atoms with Crippen LogP contribution >= 0.6 is 0 Å². The van der Waals surface area contributed by atoms with E-state index in [0.717, 1.165) is 0 Å². The van der Waals surface area contributed by atoms with Gasteiger partial charge in [-0.2, -0.15) is 4.39 Å². The zero-order valence-corrected chi connectivity index (χ0v) is 9.32. The molecule has 5 heteroatoms. The third-order valence-corrected chi connectivity index (χ3v) is 2.48. The molecule has 0 aliphatic heterocycles. The first kappa shape index (κ1) is 11.3. The molecule has 88 valence electrons. The maximum absolute atomic E-state index is 13.3. The van der Waals surface area contributed by atoms with Crippen LogP contribution in [0, 0.1) is 12.9 Å². The summed E-state index contributed by atoms with van der Waals surface area (Å²) in [5.74, 6) is -1.40. The molecule has 0 aliphatic rings. The molecule has 2 aromatic rings. The van der Waals surface area contributed by atoms with Gasteiger partial charge in [0.05, 0.1) is 12.7 Å². The first-order valence-corrected chi connectivity index (χ1v) is 4.91. The lowest BCUT2D eigenvalue weighted by Crippen LogP contribution is -2.00. The Hall–Kier alpha value is -2.17. The van der Waals surface area contributed by atoms with Crippen LogP contribution in [0.15, 0.2) is 18.2 Å². The number of aryl methyl sites for hydroxylation is 1. The van der Waals surface area contributed by atoms with Crippen molar-refractivity contribution < 1.29 is 19.0 Å². The van der Waals surface area contributed by atoms with Crippen LogP contribution in [-0.4, -0.2) is 23.2 Å². The van der Waals surface area contributed by atoms with Crippen LogP contribution in [0.1, 0.15) is 15.9 Å². The number of ether oxygens (including phenoxy) is 1. The SMILES string of the molecule is COc1cc(C(=O)O)cc2cc(C)c(F)nc12. The lowest BCUT2D eigenvalue weighted by Gasteiger charge is -2.07. The largest absolute Gasteiger partial charge is 0.494 e. The fraction of sp³-hybridized carbons (Fsp3) is 0.167. The molecule has 0 radical (unpaired) electrons. The van der Waals surface area contributed by atoms with Gasteiger partial charge in [-0.3, -0.25) is 0 Å². The molecular formula is C12H10FNO3. The van der Waals surface area contributed by atoms with Gasteiger partial charge in [0.2, 0.25) is 5.95 Å². The van der Waals surface area contributed by atoms with Crippen molar-refractivity contribution in [2.45, 2.75) is 6.92 Å². The Bertz CT molecular complexity index is 610. The van der Waals surface area contributed by atoms with Crippen molar-refractivity contribution in [3.8, 4) is 5.75 Å². The molecule has 0 aliphatic carbocycles. The number of carbonyl (C=O) groups is 1. The Kier molecular flexibility index (Phi) is 2.67. The van der Waals surface area contributed by atoms with Crippen molar-refractivity contribution >= 4 is 16.9 Å². The molecular weight excluding hydrogens is 225 g/mol. The lowest BCUT2D eigenvalue weighted by molar-refractivity contribution is 0.0696. The monoisotopic (exact) mass is 235 g/mol. The minimum absolute atomic E-state index is 0.0853. The van der Waals surface area contributed by atoms with Gasteiger partial charge in [-0.15, -0.1) is 0 Å². The summed E-state index contributed by atoms with van der Waals surface area (Å²) >= 11 is 0. The summed E-state index contributed by atoms with van der Waals surface area (Å²) in [6.45, 7) is 1.57. The molecule has 1 N–H and O–H groups in total. The van der Waals surface area contributed by atoms with Gasteiger partial charge in [-0.25, -0.2) is 9.78 Å². The van der Waals surface area contributed by atoms with Gasteiger partial charge in [-0.1, -0.05) is 0 Å². The fourth-order valence-corrected chi connectivity index (χ4v) is 1.62. The van der Waals surface area contributed by atoms with E-state index in [4.69, 9.17) is 9.84 Å². The summed E-state index contributed by atoms with van der Waals surface area (Å²) in [5, 5.41) is 9.48. The summed E-state index contributed by atoms with van der Waals surface area (Å²) < 4.78 is 18.4. The third kappa shape index (κ3) is 1.91. The second kappa shape index (κ2) is 4.01. The predicted octanol–water partition coefficient (Wildman–Crippen LogP) is 2.39. The molecule has 0 saturated carbocycles. The van der Waals surface area contributed by atoms with Crippen LogP contribution in [0.3, 0.4) is 0 Å². The van der Waals surface area contributed by atoms with Gasteiger partial charge < -0.3 is 9.84 Å². The number of rotatable bonds is 2. The Morgan fingerprint density at radius 2 is 2.12 bits per heavy atom. The van der Waals surface area contributed by atoms with Crippen LogP contribution in [0.25, 0.3) is 10.9 Å².